The predicted octanol–water partition coefficient (Wildman–Crippen LogP) is -7.35. The van der Waals surface area contributed by atoms with E-state index in [1.165, 1.54) is 43.4 Å². The molecule has 0 fully saturated rings. The molecule has 37 nitrogen and oxygen atoms in total. The summed E-state index contributed by atoms with van der Waals surface area (Å²) in [5.41, 5.74) is -7.65. The van der Waals surface area contributed by atoms with Gasteiger partial charge in [-0.15, -0.1) is 21.7 Å². The zero-order valence-corrected chi connectivity index (χ0v) is 21.5. The van der Waals surface area contributed by atoms with Crippen molar-refractivity contribution in [2.75, 3.05) is 0 Å². The third-order valence-corrected chi connectivity index (χ3v) is 6.76. The van der Waals surface area contributed by atoms with E-state index in [0.717, 1.165) is 0 Å². The van der Waals surface area contributed by atoms with Gasteiger partial charge in [0.05, 0.1) is 0 Å². The second kappa shape index (κ2) is 10.3. The van der Waals surface area contributed by atoms with Gasteiger partial charge in [-0.25, -0.2) is 0 Å². The molecule has 0 radical (unpaired) electrons. The molecule has 0 aliphatic carbocycles. The molecule has 46 heavy (non-hydrogen) atoms. The second-order valence-corrected chi connectivity index (χ2v) is 8.57. The number of guanidine groups is 4. The van der Waals surface area contributed by atoms with Crippen LogP contribution in [0.3, 0.4) is 0 Å². The Bertz CT molecular complexity index is 1400. The molecule has 12 N–H and O–H groups in total. The van der Waals surface area contributed by atoms with Crippen molar-refractivity contribution >= 4 is 30.0 Å². The first-order valence-corrected chi connectivity index (χ1v) is 10.7. The summed E-state index contributed by atoms with van der Waals surface area (Å²) < 4.78 is 0. The number of rotatable bonds is 8. The molecule has 0 spiro atoms. The van der Waals surface area contributed by atoms with Crippen LogP contribution in [0.25, 0.3) is 0 Å². The molecular weight excluding hydrogens is 657 g/mol. The Morgan fingerprint density at radius 1 is 0.413 bits per heavy atom. The topological polar surface area (TPSA) is 527 Å². The second-order valence-electron chi connectivity index (χ2n) is 8.57. The molecule has 0 aromatic carbocycles. The first kappa shape index (κ1) is 33.4. The first-order valence-electron chi connectivity index (χ1n) is 10.7. The van der Waals surface area contributed by atoms with E-state index in [-0.39, 0.29) is 6.15 Å². The van der Waals surface area contributed by atoms with E-state index in [1.54, 1.807) is 0 Å². The van der Waals surface area contributed by atoms with Gasteiger partial charge in [-0.2, -0.15) is 21.7 Å². The van der Waals surface area contributed by atoms with Crippen LogP contribution in [-0.4, -0.2) is 92.1 Å². The fraction of sp³-hybridized carbons (Fsp3) is 0.500. The maximum absolute atomic E-state index is 13.0. The minimum absolute atomic E-state index is 0. The highest BCUT2D eigenvalue weighted by molar-refractivity contribution is 6.89. The van der Waals surface area contributed by atoms with Gasteiger partial charge < -0.3 is 46.6 Å². The minimum Gasteiger partial charge on any atom is -0.390 e. The lowest BCUT2D eigenvalue weighted by Gasteiger charge is -2.45. The fourth-order valence-corrected chi connectivity index (χ4v) is 5.29. The van der Waals surface area contributed by atoms with Gasteiger partial charge in [-0.05, 0) is 39.7 Å². The summed E-state index contributed by atoms with van der Waals surface area (Å²) in [4.78, 5) is 95.8. The van der Waals surface area contributed by atoms with Crippen molar-refractivity contribution in [3.63, 3.8) is 0 Å². The van der Waals surface area contributed by atoms with E-state index < -0.39 is 92.1 Å². The number of hydrogen-bond acceptors (Lipinski definition) is 28. The largest absolute Gasteiger partial charge is 0.598 e. The van der Waals surface area contributed by atoms with E-state index in [9.17, 15) is 80.9 Å². The molecule has 4 heterocycles. The molecule has 248 valence electrons. The first-order chi connectivity index (χ1) is 20.8. The van der Waals surface area contributed by atoms with Crippen LogP contribution in [0.1, 0.15) is 0 Å². The summed E-state index contributed by atoms with van der Waals surface area (Å²) in [5.74, 6) is -7.47. The zero-order chi connectivity index (χ0) is 33.9. The number of nitro groups is 8. The molecule has 0 aromatic heterocycles. The highest BCUT2D eigenvalue weighted by atomic mass is 16.7. The van der Waals surface area contributed by atoms with Crippen molar-refractivity contribution in [2.24, 2.45) is 20.0 Å². The van der Waals surface area contributed by atoms with Crippen LogP contribution in [0.4, 0.5) is 0 Å². The van der Waals surface area contributed by atoms with E-state index in [4.69, 9.17) is 0 Å². The number of quaternary nitrogens is 1. The van der Waals surface area contributed by atoms with Crippen LogP contribution >= 0.6 is 0 Å². The summed E-state index contributed by atoms with van der Waals surface area (Å²) in [7, 11) is 0. The molecule has 0 saturated carbocycles. The Morgan fingerprint density at radius 3 is 0.696 bits per heavy atom. The zero-order valence-electron chi connectivity index (χ0n) is 21.5. The monoisotopic (exact) mass is 669 g/mol. The highest BCUT2D eigenvalue weighted by Gasteiger charge is 3.10. The van der Waals surface area contributed by atoms with E-state index >= 15 is 0 Å². The summed E-state index contributed by atoms with van der Waals surface area (Å²) in [6.45, 7) is 0. The fourth-order valence-electron chi connectivity index (χ4n) is 5.29. The molecule has 0 amide bonds. The average molecular weight is 669 g/mol. The van der Waals surface area contributed by atoms with E-state index in [1.807, 2.05) is 0 Å². The van der Waals surface area contributed by atoms with Crippen LogP contribution in [0.5, 0.6) is 0 Å². The van der Waals surface area contributed by atoms with Gasteiger partial charge in [0.1, 0.15) is 0 Å². The summed E-state index contributed by atoms with van der Waals surface area (Å²) in [6, 6.07) is 0. The van der Waals surface area contributed by atoms with Gasteiger partial charge in [0.25, 0.3) is 0 Å². The molecule has 0 aromatic rings. The smallest absolute Gasteiger partial charge is 0.390 e. The number of hydrazine groups is 4. The van der Waals surface area contributed by atoms with Crippen LogP contribution in [0, 0.1) is 80.9 Å². The summed E-state index contributed by atoms with van der Waals surface area (Å²) in [6.07, 6.45) is -6.29. The van der Waals surface area contributed by atoms with Crippen molar-refractivity contribution in [1.82, 2.24) is 49.6 Å². The normalized spacial score (nSPS) is 30.6. The maximum Gasteiger partial charge on any atom is 0.598 e. The molecule has 0 saturated heterocycles. The third-order valence-electron chi connectivity index (χ3n) is 6.76. The standard InChI is InChI=1S/C8H8BN20O16.H3N/c30-22(31)1-10-5(18-14-1,26(38)39)9(6(27(40)41)11-2(15-19-6)23(32)33,7(28(42)43)12-3(16-20-7)24(34)35)8(29(44)45)13-4(17-21-8)25(36)37;/h18-21H,(H,10,14)(H,11,15)(H,12,16)(H,13,17);1H3/q-1;/p+1. The maximum atomic E-state index is 13.0. The van der Waals surface area contributed by atoms with Crippen molar-refractivity contribution in [2.45, 2.75) is 22.7 Å². The average Bonchev–Trinajstić information content (AvgIpc) is 3.75. The van der Waals surface area contributed by atoms with Crippen molar-refractivity contribution in [3.8, 4) is 0 Å². The molecule has 38 heteroatoms. The SMILES string of the molecule is O=[N+]([O-])C1=NC([N+](=O)[O-])([B-](C2([N+](=O)[O-])N=C([N+](=O)[O-])NN2)(C2([N+](=O)[O-])N=C([N+](=O)[O-])NN2)C2([N+](=O)[O-])N=C([N+](=O)[O-])NN2)NN1.[NH4+]. The Balaban J connectivity index is 0.00000576. The lowest BCUT2D eigenvalue weighted by atomic mass is 9.08. The summed E-state index contributed by atoms with van der Waals surface area (Å²) >= 11 is 0. The molecular formula is C8H12BN21O16. The Labute approximate surface area is 243 Å². The van der Waals surface area contributed by atoms with Crippen molar-refractivity contribution in [3.05, 3.63) is 80.9 Å². The van der Waals surface area contributed by atoms with Crippen LogP contribution in [0.15, 0.2) is 20.0 Å². The Morgan fingerprint density at radius 2 is 0.587 bits per heavy atom. The number of aliphatic imine (C=N–C) groups is 4. The Hall–Kier alpha value is -7.06. The quantitative estimate of drug-likeness (QED) is 0.0658. The highest BCUT2D eigenvalue weighted by Crippen LogP contribution is 2.52. The molecule has 4 aliphatic rings. The van der Waals surface area contributed by atoms with E-state index in [0.29, 0.717) is 0 Å². The number of nitrogens with one attached hydrogen (secondary N) is 8. The summed E-state index contributed by atoms with van der Waals surface area (Å²) in [5, 5.41) is 98.3. The van der Waals surface area contributed by atoms with Crippen LogP contribution in [-0.2, 0) is 0 Å². The van der Waals surface area contributed by atoms with Crippen molar-refractivity contribution in [1.29, 1.82) is 0 Å². The van der Waals surface area contributed by atoms with Crippen molar-refractivity contribution < 1.29 is 39.4 Å². The van der Waals surface area contributed by atoms with Gasteiger partial charge in [0.15, 0.2) is 0 Å². The lowest BCUT2D eigenvalue weighted by Crippen LogP contribution is -3.02. The molecule has 4 aliphatic heterocycles. The van der Waals surface area contributed by atoms with Gasteiger partial charge in [0, 0.05) is 19.7 Å². The Kier molecular flexibility index (Phi) is 7.48. The van der Waals surface area contributed by atoms with Gasteiger partial charge in [0.2, 0.25) is 0 Å². The molecule has 0 bridgehead atoms. The van der Waals surface area contributed by atoms with Gasteiger partial charge >= 0.3 is 52.7 Å². The molecule has 4 rings (SSSR count). The van der Waals surface area contributed by atoms with Gasteiger partial charge in [-0.3, -0.25) is 40.5 Å². The number of nitrogens with zero attached hydrogens (tertiary/aromatic N) is 12. The molecule has 4 atom stereocenters. The van der Waals surface area contributed by atoms with Crippen LogP contribution < -0.4 is 49.6 Å². The lowest BCUT2D eigenvalue weighted by molar-refractivity contribution is -0.619. The van der Waals surface area contributed by atoms with Crippen LogP contribution in [0.2, 0.25) is 0 Å². The van der Waals surface area contributed by atoms with E-state index in [2.05, 4.69) is 20.0 Å². The van der Waals surface area contributed by atoms with Gasteiger partial charge in [-0.1, -0.05) is 0 Å². The molecule has 4 unspecified atom stereocenters. The number of hydrogen-bond donors (Lipinski definition) is 9. The minimum atomic E-state index is -6.29. The predicted molar refractivity (Wildman–Crippen MR) is 133 cm³/mol. The third kappa shape index (κ3) is 3.74.